The first-order chi connectivity index (χ1) is 11.4. The third-order valence-electron chi connectivity index (χ3n) is 3.30. The molecule has 1 aromatic heterocycles. The van der Waals surface area contributed by atoms with Crippen LogP contribution >= 0.6 is 11.6 Å². The highest BCUT2D eigenvalue weighted by Gasteiger charge is 2.37. The van der Waals surface area contributed by atoms with E-state index in [0.717, 1.165) is 0 Å². The number of carbonyl (C=O) groups is 2. The minimum atomic E-state index is -3.77. The number of hydrogen-bond donors (Lipinski definition) is 1. The van der Waals surface area contributed by atoms with Crippen LogP contribution in [0.1, 0.15) is 16.8 Å². The topological polar surface area (TPSA) is 109 Å². The number of aromatic nitrogens is 2. The van der Waals surface area contributed by atoms with Gasteiger partial charge in [0.25, 0.3) is 5.91 Å². The number of nitrogens with one attached hydrogen (secondary N) is 1. The lowest BCUT2D eigenvalue weighted by Crippen LogP contribution is -2.30. The molecule has 8 nitrogen and oxygen atoms in total. The summed E-state index contributed by atoms with van der Waals surface area (Å²) in [5.74, 6) is -1.32. The van der Waals surface area contributed by atoms with Crippen molar-refractivity contribution < 1.29 is 18.0 Å². The van der Waals surface area contributed by atoms with E-state index in [-0.39, 0.29) is 34.4 Å². The molecule has 2 aromatic rings. The van der Waals surface area contributed by atoms with Gasteiger partial charge in [0.1, 0.15) is 0 Å². The molecule has 1 saturated heterocycles. The summed E-state index contributed by atoms with van der Waals surface area (Å²) in [5, 5.41) is 2.53. The normalized spacial score (nSPS) is 16.2. The molecule has 1 aliphatic rings. The predicted molar refractivity (Wildman–Crippen MR) is 87.3 cm³/mol. The lowest BCUT2D eigenvalue weighted by Gasteiger charge is -2.17. The summed E-state index contributed by atoms with van der Waals surface area (Å²) in [7, 11) is -3.77. The van der Waals surface area contributed by atoms with Crippen LogP contribution in [0.3, 0.4) is 0 Å². The molecule has 10 heteroatoms. The molecule has 124 valence electrons. The molecule has 1 N–H and O–H groups in total. The Kier molecular flexibility index (Phi) is 4.20. The second-order valence-electron chi connectivity index (χ2n) is 4.92. The third-order valence-corrected chi connectivity index (χ3v) is 5.29. The molecule has 0 atom stereocenters. The number of nitrogens with zero attached hydrogens (tertiary/aromatic N) is 3. The van der Waals surface area contributed by atoms with E-state index in [1.807, 2.05) is 0 Å². The van der Waals surface area contributed by atoms with Gasteiger partial charge in [0.15, 0.2) is 0 Å². The number of halogens is 1. The molecule has 1 aromatic carbocycles. The number of carbonyl (C=O) groups excluding carboxylic acids is 2. The first-order valence-electron chi connectivity index (χ1n) is 6.82. The Morgan fingerprint density at radius 3 is 2.58 bits per heavy atom. The summed E-state index contributed by atoms with van der Waals surface area (Å²) in [6.45, 7) is 0. The second-order valence-corrected chi connectivity index (χ2v) is 7.26. The second kappa shape index (κ2) is 6.17. The van der Waals surface area contributed by atoms with Gasteiger partial charge in [0.2, 0.25) is 21.9 Å². The minimum absolute atomic E-state index is 0.0409. The molecule has 0 aliphatic carbocycles. The molecule has 1 aliphatic heterocycles. The minimum Gasteiger partial charge on any atom is -0.290 e. The number of benzene rings is 1. The maximum Gasteiger partial charge on any atom is 0.258 e. The molecule has 2 amide bonds. The average Bonchev–Trinajstić information content (AvgIpc) is 2.82. The molecule has 0 bridgehead atoms. The molecule has 0 unspecified atom stereocenters. The van der Waals surface area contributed by atoms with Crippen LogP contribution < -0.4 is 9.62 Å². The zero-order valence-corrected chi connectivity index (χ0v) is 13.7. The molecule has 1 fully saturated rings. The zero-order valence-electron chi connectivity index (χ0n) is 12.1. The van der Waals surface area contributed by atoms with Crippen molar-refractivity contribution in [2.45, 2.75) is 6.42 Å². The van der Waals surface area contributed by atoms with Gasteiger partial charge >= 0.3 is 0 Å². The van der Waals surface area contributed by atoms with Gasteiger partial charge in [0.05, 0.1) is 16.5 Å². The van der Waals surface area contributed by atoms with Crippen LogP contribution in [0.4, 0.5) is 11.6 Å². The highest BCUT2D eigenvalue weighted by molar-refractivity contribution is 7.94. The van der Waals surface area contributed by atoms with Crippen molar-refractivity contribution >= 4 is 45.1 Å². The quantitative estimate of drug-likeness (QED) is 0.880. The van der Waals surface area contributed by atoms with Crippen LogP contribution in [0.25, 0.3) is 0 Å². The van der Waals surface area contributed by atoms with Gasteiger partial charge in [-0.05, 0) is 24.3 Å². The molecule has 3 rings (SSSR count). The average molecular weight is 367 g/mol. The third kappa shape index (κ3) is 3.08. The number of sulfonamides is 1. The maximum atomic E-state index is 12.2. The summed E-state index contributed by atoms with van der Waals surface area (Å²) in [6, 6.07) is 5.62. The number of amides is 2. The highest BCUT2D eigenvalue weighted by Crippen LogP contribution is 2.32. The van der Waals surface area contributed by atoms with Crippen molar-refractivity contribution in [3.8, 4) is 0 Å². The van der Waals surface area contributed by atoms with Gasteiger partial charge < -0.3 is 0 Å². The summed E-state index contributed by atoms with van der Waals surface area (Å²) in [6.07, 6.45) is 2.81. The Morgan fingerprint density at radius 1 is 1.25 bits per heavy atom. The van der Waals surface area contributed by atoms with Crippen molar-refractivity contribution in [3.63, 3.8) is 0 Å². The fourth-order valence-electron chi connectivity index (χ4n) is 2.20. The van der Waals surface area contributed by atoms with Crippen molar-refractivity contribution in [2.75, 3.05) is 15.4 Å². The van der Waals surface area contributed by atoms with E-state index >= 15 is 0 Å². The molecule has 0 spiro atoms. The molecule has 0 radical (unpaired) electrons. The Balaban J connectivity index is 1.95. The molecule has 24 heavy (non-hydrogen) atoms. The van der Waals surface area contributed by atoms with Crippen molar-refractivity contribution in [1.29, 1.82) is 0 Å². The number of rotatable bonds is 3. The Hall–Kier alpha value is -2.52. The lowest BCUT2D eigenvalue weighted by molar-refractivity contribution is -0.116. The van der Waals surface area contributed by atoms with Crippen LogP contribution in [0, 0.1) is 0 Å². The Labute approximate surface area is 142 Å². The maximum absolute atomic E-state index is 12.2. The van der Waals surface area contributed by atoms with E-state index in [1.165, 1.54) is 30.6 Å². The summed E-state index contributed by atoms with van der Waals surface area (Å²) < 4.78 is 24.7. The van der Waals surface area contributed by atoms with Crippen LogP contribution in [-0.2, 0) is 14.8 Å². The van der Waals surface area contributed by atoms with Gasteiger partial charge in [-0.25, -0.2) is 22.7 Å². The SMILES string of the molecule is O=C(Nc1ncccn1)c1ccc(Cl)c(N2C(=O)CCS2(=O)=O)c1. The van der Waals surface area contributed by atoms with Gasteiger partial charge in [-0.2, -0.15) is 0 Å². The fourth-order valence-corrected chi connectivity index (χ4v) is 3.91. The van der Waals surface area contributed by atoms with Crippen LogP contribution in [0.2, 0.25) is 5.02 Å². The van der Waals surface area contributed by atoms with E-state index in [4.69, 9.17) is 11.6 Å². The first-order valence-corrected chi connectivity index (χ1v) is 8.81. The van der Waals surface area contributed by atoms with E-state index in [9.17, 15) is 18.0 Å². The van der Waals surface area contributed by atoms with Crippen molar-refractivity contribution in [1.82, 2.24) is 9.97 Å². The number of anilines is 2. The van der Waals surface area contributed by atoms with Crippen molar-refractivity contribution in [2.24, 2.45) is 0 Å². The molecular formula is C14H11ClN4O4S. The van der Waals surface area contributed by atoms with Crippen LogP contribution in [-0.4, -0.2) is 36.0 Å². The van der Waals surface area contributed by atoms with Gasteiger partial charge in [-0.1, -0.05) is 11.6 Å². The Bertz CT molecular complexity index is 918. The van der Waals surface area contributed by atoms with Gasteiger partial charge in [0, 0.05) is 24.4 Å². The zero-order chi connectivity index (χ0) is 17.3. The lowest BCUT2D eigenvalue weighted by atomic mass is 10.2. The van der Waals surface area contributed by atoms with Crippen LogP contribution in [0.5, 0.6) is 0 Å². The van der Waals surface area contributed by atoms with E-state index in [0.29, 0.717) is 4.31 Å². The summed E-state index contributed by atoms with van der Waals surface area (Å²) >= 11 is 6.02. The van der Waals surface area contributed by atoms with Crippen LogP contribution in [0.15, 0.2) is 36.7 Å². The summed E-state index contributed by atoms with van der Waals surface area (Å²) in [5.41, 5.74) is 0.0811. The fraction of sp³-hybridized carbons (Fsp3) is 0.143. The molecular weight excluding hydrogens is 356 g/mol. The standard InChI is InChI=1S/C14H11ClN4O4S/c15-10-3-2-9(13(21)18-14-16-5-1-6-17-14)8-11(10)19-12(20)4-7-24(19,22)23/h1-3,5-6,8H,4,7H2,(H,16,17,18,21). The Morgan fingerprint density at radius 2 is 1.96 bits per heavy atom. The summed E-state index contributed by atoms with van der Waals surface area (Å²) in [4.78, 5) is 31.9. The smallest absolute Gasteiger partial charge is 0.258 e. The van der Waals surface area contributed by atoms with Crippen molar-refractivity contribution in [3.05, 3.63) is 47.2 Å². The highest BCUT2D eigenvalue weighted by atomic mass is 35.5. The molecule has 0 saturated carbocycles. The van der Waals surface area contributed by atoms with Gasteiger partial charge in [-0.15, -0.1) is 0 Å². The largest absolute Gasteiger partial charge is 0.290 e. The molecule has 2 heterocycles. The van der Waals surface area contributed by atoms with E-state index in [1.54, 1.807) is 6.07 Å². The van der Waals surface area contributed by atoms with E-state index in [2.05, 4.69) is 15.3 Å². The monoisotopic (exact) mass is 366 g/mol. The van der Waals surface area contributed by atoms with Gasteiger partial charge in [-0.3, -0.25) is 14.9 Å². The number of hydrogen-bond acceptors (Lipinski definition) is 6. The predicted octanol–water partition coefficient (Wildman–Crippen LogP) is 1.45. The first kappa shape index (κ1) is 16.3. The van der Waals surface area contributed by atoms with E-state index < -0.39 is 21.8 Å².